The quantitative estimate of drug-likeness (QED) is 0.507. The van der Waals surface area contributed by atoms with E-state index >= 15 is 0 Å². The van der Waals surface area contributed by atoms with Crippen LogP contribution in [0.25, 0.3) is 0 Å². The van der Waals surface area contributed by atoms with Crippen molar-refractivity contribution in [2.45, 2.75) is 65.9 Å². The van der Waals surface area contributed by atoms with Crippen LogP contribution in [0.15, 0.2) is 42.5 Å². The van der Waals surface area contributed by atoms with Crippen LogP contribution in [0.1, 0.15) is 63.8 Å². The SMILES string of the molecule is Cc1cc(C(C)(C)C)c(OP(F)OCc2ccccc2)c(C(C)(C)C)c1. The van der Waals surface area contributed by atoms with Gasteiger partial charge in [0.15, 0.2) is 0 Å². The number of benzene rings is 2. The van der Waals surface area contributed by atoms with Crippen molar-refractivity contribution in [2.75, 3.05) is 0 Å². The van der Waals surface area contributed by atoms with Gasteiger partial charge in [0, 0.05) is 11.1 Å². The van der Waals surface area contributed by atoms with Gasteiger partial charge in [-0.3, -0.25) is 4.52 Å². The molecule has 0 aliphatic rings. The largest absolute Gasteiger partial charge is 0.439 e. The highest BCUT2D eigenvalue weighted by Crippen LogP contribution is 2.49. The van der Waals surface area contributed by atoms with Crippen molar-refractivity contribution in [3.05, 3.63) is 64.7 Å². The summed E-state index contributed by atoms with van der Waals surface area (Å²) in [5.74, 6) is 0.622. The third-order valence-corrected chi connectivity index (χ3v) is 4.85. The summed E-state index contributed by atoms with van der Waals surface area (Å²) in [6, 6.07) is 13.8. The Hall–Kier alpha value is -1.44. The molecule has 0 spiro atoms. The Balaban J connectivity index is 2.31. The fourth-order valence-electron chi connectivity index (χ4n) is 2.78. The lowest BCUT2D eigenvalue weighted by molar-refractivity contribution is 0.274. The summed E-state index contributed by atoms with van der Waals surface area (Å²) in [7, 11) is -2.52. The molecule has 142 valence electrons. The van der Waals surface area contributed by atoms with Crippen molar-refractivity contribution >= 4 is 8.69 Å². The highest BCUT2D eigenvalue weighted by atomic mass is 31.2. The summed E-state index contributed by atoms with van der Waals surface area (Å²) in [4.78, 5) is 0. The number of rotatable bonds is 5. The predicted molar refractivity (Wildman–Crippen MR) is 108 cm³/mol. The van der Waals surface area contributed by atoms with Gasteiger partial charge in [-0.1, -0.05) is 89.6 Å². The van der Waals surface area contributed by atoms with Crippen molar-refractivity contribution in [1.82, 2.24) is 0 Å². The molecule has 4 heteroatoms. The average Bonchev–Trinajstić information content (AvgIpc) is 2.53. The Bertz CT molecular complexity index is 695. The van der Waals surface area contributed by atoms with Crippen molar-refractivity contribution in [2.24, 2.45) is 0 Å². The van der Waals surface area contributed by atoms with Gasteiger partial charge in [0.05, 0.1) is 6.61 Å². The van der Waals surface area contributed by atoms with Gasteiger partial charge < -0.3 is 4.52 Å². The molecular weight excluding hydrogens is 346 g/mol. The summed E-state index contributed by atoms with van der Waals surface area (Å²) >= 11 is 0. The van der Waals surface area contributed by atoms with E-state index in [4.69, 9.17) is 9.05 Å². The van der Waals surface area contributed by atoms with Crippen molar-refractivity contribution < 1.29 is 13.2 Å². The zero-order valence-electron chi connectivity index (χ0n) is 16.9. The van der Waals surface area contributed by atoms with Crippen LogP contribution in [0, 0.1) is 6.92 Å². The van der Waals surface area contributed by atoms with Crippen LogP contribution in [0.3, 0.4) is 0 Å². The van der Waals surface area contributed by atoms with E-state index in [9.17, 15) is 4.20 Å². The Kier molecular flexibility index (Phi) is 6.47. The van der Waals surface area contributed by atoms with Crippen LogP contribution in [0.4, 0.5) is 4.20 Å². The Morgan fingerprint density at radius 2 is 1.38 bits per heavy atom. The van der Waals surface area contributed by atoms with Crippen molar-refractivity contribution in [1.29, 1.82) is 0 Å². The molecule has 0 fully saturated rings. The maximum absolute atomic E-state index is 14.6. The van der Waals surface area contributed by atoms with Gasteiger partial charge in [-0.05, 0) is 23.3 Å². The van der Waals surface area contributed by atoms with Crippen LogP contribution in [-0.2, 0) is 22.0 Å². The summed E-state index contributed by atoms with van der Waals surface area (Å²) in [5.41, 5.74) is 3.79. The first kappa shape index (κ1) is 20.9. The number of hydrogen-bond donors (Lipinski definition) is 0. The van der Waals surface area contributed by atoms with E-state index in [-0.39, 0.29) is 17.4 Å². The second kappa shape index (κ2) is 8.06. The van der Waals surface area contributed by atoms with E-state index in [1.54, 1.807) is 0 Å². The summed E-state index contributed by atoms with van der Waals surface area (Å²) in [6.45, 7) is 15.0. The molecule has 2 rings (SSSR count). The second-order valence-corrected chi connectivity index (χ2v) is 9.62. The van der Waals surface area contributed by atoms with Gasteiger partial charge in [-0.25, -0.2) is 0 Å². The summed E-state index contributed by atoms with van der Waals surface area (Å²) < 4.78 is 25.8. The molecule has 1 unspecified atom stereocenters. The van der Waals surface area contributed by atoms with Gasteiger partial charge in [-0.15, -0.1) is 4.20 Å². The molecule has 0 bridgehead atoms. The molecule has 0 aliphatic carbocycles. The van der Waals surface area contributed by atoms with E-state index in [2.05, 4.69) is 60.6 Å². The topological polar surface area (TPSA) is 18.5 Å². The number of aryl methyl sites for hydroxylation is 1. The maximum atomic E-state index is 14.6. The Morgan fingerprint density at radius 1 is 0.885 bits per heavy atom. The monoisotopic (exact) mass is 376 g/mol. The van der Waals surface area contributed by atoms with E-state index in [1.165, 1.54) is 0 Å². The zero-order valence-corrected chi connectivity index (χ0v) is 17.8. The van der Waals surface area contributed by atoms with Crippen molar-refractivity contribution in [3.8, 4) is 5.75 Å². The lowest BCUT2D eigenvalue weighted by atomic mass is 9.78. The van der Waals surface area contributed by atoms with E-state index in [0.717, 1.165) is 22.3 Å². The molecule has 2 nitrogen and oxygen atoms in total. The lowest BCUT2D eigenvalue weighted by Gasteiger charge is -2.30. The normalized spacial score (nSPS) is 13.5. The molecule has 2 aromatic carbocycles. The van der Waals surface area contributed by atoms with Crippen LogP contribution in [-0.4, -0.2) is 0 Å². The molecule has 0 aliphatic heterocycles. The van der Waals surface area contributed by atoms with Crippen LogP contribution in [0.2, 0.25) is 0 Å². The van der Waals surface area contributed by atoms with Crippen LogP contribution in [0.5, 0.6) is 5.75 Å². The van der Waals surface area contributed by atoms with Crippen LogP contribution >= 0.6 is 8.69 Å². The standard InChI is InChI=1S/C22H30FO2P/c1-16-13-18(21(2,3)4)20(19(14-16)22(5,6)7)25-26(23)24-15-17-11-9-8-10-12-17/h8-14H,15H2,1-7H3. The van der Waals surface area contributed by atoms with Gasteiger partial charge in [0.1, 0.15) is 5.75 Å². The fraction of sp³-hybridized carbons (Fsp3) is 0.455. The highest BCUT2D eigenvalue weighted by molar-refractivity contribution is 7.41. The first-order valence-corrected chi connectivity index (χ1v) is 10.0. The molecule has 2 aromatic rings. The third-order valence-electron chi connectivity index (χ3n) is 4.19. The van der Waals surface area contributed by atoms with Crippen LogP contribution < -0.4 is 4.52 Å². The molecular formula is C22H30FO2P. The molecule has 1 atom stereocenters. The maximum Gasteiger partial charge on any atom is 0.439 e. The molecule has 0 amide bonds. The van der Waals surface area contributed by atoms with E-state index in [0.29, 0.717) is 5.75 Å². The minimum absolute atomic E-state index is 0.156. The van der Waals surface area contributed by atoms with Gasteiger partial charge in [0.25, 0.3) is 0 Å². The third kappa shape index (κ3) is 5.53. The Labute approximate surface area is 158 Å². The summed E-state index contributed by atoms with van der Waals surface area (Å²) in [5, 5.41) is 0. The van der Waals surface area contributed by atoms with E-state index in [1.807, 2.05) is 30.3 Å². The molecule has 0 radical (unpaired) electrons. The minimum atomic E-state index is -2.52. The smallest absolute Gasteiger partial charge is 0.423 e. The molecule has 0 N–H and O–H groups in total. The molecule has 0 aromatic heterocycles. The minimum Gasteiger partial charge on any atom is -0.423 e. The lowest BCUT2D eigenvalue weighted by Crippen LogP contribution is -2.19. The molecule has 0 saturated heterocycles. The Morgan fingerprint density at radius 3 is 1.85 bits per heavy atom. The molecule has 26 heavy (non-hydrogen) atoms. The number of hydrogen-bond acceptors (Lipinski definition) is 2. The molecule has 0 heterocycles. The fourth-order valence-corrected chi connectivity index (χ4v) is 3.43. The highest BCUT2D eigenvalue weighted by Gasteiger charge is 2.29. The first-order valence-electron chi connectivity index (χ1n) is 8.95. The van der Waals surface area contributed by atoms with Gasteiger partial charge >= 0.3 is 8.69 Å². The predicted octanol–water partition coefficient (Wildman–Crippen LogP) is 7.38. The van der Waals surface area contributed by atoms with Gasteiger partial charge in [0.2, 0.25) is 0 Å². The van der Waals surface area contributed by atoms with E-state index < -0.39 is 8.69 Å². The molecule has 0 saturated carbocycles. The zero-order chi connectivity index (χ0) is 19.5. The van der Waals surface area contributed by atoms with Gasteiger partial charge in [-0.2, -0.15) is 0 Å². The second-order valence-electron chi connectivity index (χ2n) is 8.75. The average molecular weight is 376 g/mol. The van der Waals surface area contributed by atoms with Crippen molar-refractivity contribution in [3.63, 3.8) is 0 Å². The first-order chi connectivity index (χ1) is 12.0. The summed E-state index contributed by atoms with van der Waals surface area (Å²) in [6.07, 6.45) is 0. The number of halogens is 1.